The maximum absolute atomic E-state index is 14.2. The van der Waals surface area contributed by atoms with E-state index >= 15 is 0 Å². The summed E-state index contributed by atoms with van der Waals surface area (Å²) in [6, 6.07) is 4.62. The normalized spacial score (nSPS) is 33.8. The highest BCUT2D eigenvalue weighted by molar-refractivity contribution is 6.42. The number of amides is 3. The van der Waals surface area contributed by atoms with Crippen LogP contribution in [0.1, 0.15) is 58.3 Å². The number of likely N-dealkylation sites (tertiary alicyclic amines) is 2. The van der Waals surface area contributed by atoms with Crippen molar-refractivity contribution in [1.82, 2.24) is 15.1 Å². The molecule has 6 rings (SSSR count). The largest absolute Gasteiger partial charge is 0.359 e. The first-order chi connectivity index (χ1) is 19.3. The van der Waals surface area contributed by atoms with Gasteiger partial charge < -0.3 is 20.3 Å². The van der Waals surface area contributed by atoms with Crippen molar-refractivity contribution in [2.75, 3.05) is 25.0 Å². The first kappa shape index (κ1) is 28.0. The van der Waals surface area contributed by atoms with Crippen LogP contribution >= 0.6 is 23.2 Å². The Hall–Kier alpha value is -2.13. The molecule has 5 aliphatic rings. The zero-order valence-corrected chi connectivity index (χ0v) is 24.4. The molecule has 1 aromatic rings. The zero-order chi connectivity index (χ0) is 28.0. The second kappa shape index (κ2) is 11.3. The van der Waals surface area contributed by atoms with E-state index in [4.69, 9.17) is 27.9 Å². The van der Waals surface area contributed by atoms with Gasteiger partial charge in [-0.1, -0.05) is 61.0 Å². The third-order valence-corrected chi connectivity index (χ3v) is 10.4. The van der Waals surface area contributed by atoms with Gasteiger partial charge in [-0.25, -0.2) is 0 Å². The van der Waals surface area contributed by atoms with Crippen LogP contribution in [0, 0.1) is 11.8 Å². The number of fused-ring (bicyclic) bond motifs is 1. The third kappa shape index (κ3) is 4.95. The number of hydrogen-bond donors (Lipinski definition) is 2. The Morgan fingerprint density at radius 1 is 1.02 bits per heavy atom. The molecular weight excluding hydrogens is 551 g/mol. The summed E-state index contributed by atoms with van der Waals surface area (Å²) in [5.41, 5.74) is -0.665. The molecule has 1 aliphatic carbocycles. The highest BCUT2D eigenvalue weighted by Gasteiger charge is 2.72. The summed E-state index contributed by atoms with van der Waals surface area (Å²) < 4.78 is 6.48. The van der Waals surface area contributed by atoms with Crippen molar-refractivity contribution < 1.29 is 19.1 Å². The molecule has 4 heterocycles. The number of carbonyl (C=O) groups is 3. The lowest BCUT2D eigenvalue weighted by Crippen LogP contribution is -2.57. The number of halogens is 2. The van der Waals surface area contributed by atoms with Crippen molar-refractivity contribution in [2.45, 2.75) is 88.1 Å². The average molecular weight is 590 g/mol. The van der Waals surface area contributed by atoms with Crippen LogP contribution in [0.5, 0.6) is 0 Å². The van der Waals surface area contributed by atoms with Crippen molar-refractivity contribution in [2.24, 2.45) is 11.8 Å². The quantitative estimate of drug-likeness (QED) is 0.460. The van der Waals surface area contributed by atoms with Gasteiger partial charge in [0.15, 0.2) is 0 Å². The van der Waals surface area contributed by atoms with Gasteiger partial charge in [-0.2, -0.15) is 0 Å². The lowest BCUT2D eigenvalue weighted by atomic mass is 9.74. The molecule has 1 aromatic carbocycles. The number of nitrogens with one attached hydrogen (secondary N) is 2. The highest BCUT2D eigenvalue weighted by Crippen LogP contribution is 2.55. The lowest BCUT2D eigenvalue weighted by molar-refractivity contribution is -0.141. The molecule has 3 saturated heterocycles. The molecule has 10 heteroatoms. The maximum Gasteiger partial charge on any atom is 0.246 e. The summed E-state index contributed by atoms with van der Waals surface area (Å²) >= 11 is 12.2. The Morgan fingerprint density at radius 3 is 2.55 bits per heavy atom. The molecule has 2 N–H and O–H groups in total. The molecule has 1 spiro atoms. The van der Waals surface area contributed by atoms with Crippen LogP contribution in [0.2, 0.25) is 10.0 Å². The Kier molecular flexibility index (Phi) is 7.89. The predicted octanol–water partition coefficient (Wildman–Crippen LogP) is 4.41. The summed E-state index contributed by atoms with van der Waals surface area (Å²) in [6.45, 7) is 4.33. The van der Waals surface area contributed by atoms with E-state index in [1.54, 1.807) is 23.1 Å². The highest BCUT2D eigenvalue weighted by atomic mass is 35.5. The van der Waals surface area contributed by atoms with E-state index in [0.29, 0.717) is 34.9 Å². The van der Waals surface area contributed by atoms with Gasteiger partial charge in [0.1, 0.15) is 11.6 Å². The van der Waals surface area contributed by atoms with Crippen LogP contribution in [0.4, 0.5) is 5.69 Å². The van der Waals surface area contributed by atoms with Crippen molar-refractivity contribution in [1.29, 1.82) is 0 Å². The Balaban J connectivity index is 1.27. The van der Waals surface area contributed by atoms with Crippen LogP contribution in [-0.4, -0.2) is 77.0 Å². The van der Waals surface area contributed by atoms with E-state index in [1.807, 2.05) is 12.2 Å². The summed E-state index contributed by atoms with van der Waals surface area (Å²) in [6.07, 6.45) is 11.9. The molecule has 4 unspecified atom stereocenters. The van der Waals surface area contributed by atoms with Gasteiger partial charge in [0.25, 0.3) is 0 Å². The zero-order valence-electron chi connectivity index (χ0n) is 22.9. The number of hydrogen-bond acceptors (Lipinski definition) is 5. The van der Waals surface area contributed by atoms with Gasteiger partial charge in [0.05, 0.1) is 28.0 Å². The Labute approximate surface area is 245 Å². The number of rotatable bonds is 7. The summed E-state index contributed by atoms with van der Waals surface area (Å²) in [5.74, 6) is -2.22. The number of benzene rings is 1. The van der Waals surface area contributed by atoms with Gasteiger partial charge in [-0.3, -0.25) is 19.3 Å². The molecule has 1 saturated carbocycles. The molecule has 40 heavy (non-hydrogen) atoms. The standard InChI is InChI=1S/C30H38Cl2N4O4/c1-18-7-5-6-14-35(18)15-16-36-26(28(38)33-19-8-3-2-4-9-19)30-13-12-23(40-30)24(25(30)29(36)39)27(37)34-20-10-11-21(31)22(32)17-20/h10-13,17-19,23-26H,2-9,14-16H2,1H3,(H,33,38)(H,34,37)/t18?,23-,24?,25-,26?,30?/m0/s1. The van der Waals surface area contributed by atoms with E-state index < -0.39 is 29.6 Å². The van der Waals surface area contributed by atoms with E-state index in [9.17, 15) is 14.4 Å². The Bertz CT molecular complexity index is 1200. The van der Waals surface area contributed by atoms with Crippen LogP contribution in [0.3, 0.4) is 0 Å². The molecule has 6 atom stereocenters. The van der Waals surface area contributed by atoms with Gasteiger partial charge in [-0.05, 0) is 57.4 Å². The summed E-state index contributed by atoms with van der Waals surface area (Å²) in [4.78, 5) is 45.9. The number of nitrogens with zero attached hydrogens (tertiary/aromatic N) is 2. The van der Waals surface area contributed by atoms with E-state index in [0.717, 1.165) is 45.1 Å². The molecular formula is C30H38Cl2N4O4. The van der Waals surface area contributed by atoms with Crippen LogP contribution in [0.15, 0.2) is 30.4 Å². The lowest BCUT2D eigenvalue weighted by Gasteiger charge is -2.37. The minimum atomic E-state index is -1.16. The summed E-state index contributed by atoms with van der Waals surface area (Å²) in [5, 5.41) is 6.88. The average Bonchev–Trinajstić information content (AvgIpc) is 3.58. The molecule has 0 radical (unpaired) electrons. The van der Waals surface area contributed by atoms with Gasteiger partial charge in [0, 0.05) is 30.9 Å². The fourth-order valence-corrected chi connectivity index (χ4v) is 7.86. The number of ether oxygens (including phenoxy) is 1. The number of anilines is 1. The SMILES string of the molecule is CC1CCCCN1CCN1C(=O)[C@@H]2C(C(=O)Nc3ccc(Cl)c(Cl)c3)[C@@H]3C=CC2(O3)C1C(=O)NC1CCCCC1. The predicted molar refractivity (Wildman–Crippen MR) is 154 cm³/mol. The molecule has 2 bridgehead atoms. The fourth-order valence-electron chi connectivity index (χ4n) is 7.56. The van der Waals surface area contributed by atoms with E-state index in [1.165, 1.54) is 12.8 Å². The van der Waals surface area contributed by atoms with Crippen LogP contribution in [-0.2, 0) is 19.1 Å². The smallest absolute Gasteiger partial charge is 0.246 e. The molecule has 3 amide bonds. The molecule has 8 nitrogen and oxygen atoms in total. The Morgan fingerprint density at radius 2 is 1.80 bits per heavy atom. The van der Waals surface area contributed by atoms with Gasteiger partial charge >= 0.3 is 0 Å². The topological polar surface area (TPSA) is 91.0 Å². The molecule has 4 fully saturated rings. The minimum Gasteiger partial charge on any atom is -0.359 e. The first-order valence-electron chi connectivity index (χ1n) is 14.8. The van der Waals surface area contributed by atoms with E-state index in [2.05, 4.69) is 22.5 Å². The van der Waals surface area contributed by atoms with Gasteiger partial charge in [0.2, 0.25) is 17.7 Å². The van der Waals surface area contributed by atoms with Crippen LogP contribution in [0.25, 0.3) is 0 Å². The number of piperidine rings is 1. The van der Waals surface area contributed by atoms with Crippen molar-refractivity contribution >= 4 is 46.6 Å². The molecule has 216 valence electrons. The third-order valence-electron chi connectivity index (χ3n) is 9.63. The number of carbonyl (C=O) groups excluding carboxylic acids is 3. The molecule has 0 aromatic heterocycles. The second-order valence-corrected chi connectivity index (χ2v) is 12.9. The second-order valence-electron chi connectivity index (χ2n) is 12.1. The summed E-state index contributed by atoms with van der Waals surface area (Å²) in [7, 11) is 0. The maximum atomic E-state index is 14.2. The van der Waals surface area contributed by atoms with Crippen LogP contribution < -0.4 is 10.6 Å². The van der Waals surface area contributed by atoms with Gasteiger partial charge in [-0.15, -0.1) is 0 Å². The monoisotopic (exact) mass is 588 g/mol. The van der Waals surface area contributed by atoms with Crippen molar-refractivity contribution in [3.63, 3.8) is 0 Å². The fraction of sp³-hybridized carbons (Fsp3) is 0.633. The van der Waals surface area contributed by atoms with E-state index in [-0.39, 0.29) is 23.8 Å². The van der Waals surface area contributed by atoms with Crippen molar-refractivity contribution in [3.05, 3.63) is 40.4 Å². The van der Waals surface area contributed by atoms with Crippen molar-refractivity contribution in [3.8, 4) is 0 Å². The first-order valence-corrected chi connectivity index (χ1v) is 15.5. The molecule has 4 aliphatic heterocycles. The minimum absolute atomic E-state index is 0.104.